The Kier molecular flexibility index (Phi) is 5.62. The Balaban J connectivity index is 1.28. The zero-order chi connectivity index (χ0) is 26.4. The zero-order valence-corrected chi connectivity index (χ0v) is 17.9. The van der Waals surface area contributed by atoms with E-state index in [9.17, 15) is 49.5 Å². The number of rotatable bonds is 8. The van der Waals surface area contributed by atoms with E-state index in [1.54, 1.807) is 12.2 Å². The Morgan fingerprint density at radius 2 is 1.72 bits per heavy atom. The van der Waals surface area contributed by atoms with Crippen molar-refractivity contribution in [2.24, 2.45) is 29.6 Å². The maximum absolute atomic E-state index is 13.8. The standard InChI is InChI=1S/C21H18F8O7/c22-18(23)20(26,27)21(28,29)19(24,25)5-33-16(31)11-8-4-9-12(11)17(32)36-14(9)13(8)35-15(30)7-3-6-1-2-10(7)34-6/h1-2,6-14,18H,3-5H2. The monoisotopic (exact) mass is 534 g/mol. The van der Waals surface area contributed by atoms with E-state index in [4.69, 9.17) is 14.2 Å². The SMILES string of the molecule is O=C(OC1C2CC3C1OC(=O)C3C2C(=O)OCC(F)(F)C(F)(F)C(F)(F)C(F)F)C1CC2C=CC1O2. The molecule has 3 heterocycles. The third kappa shape index (κ3) is 3.44. The van der Waals surface area contributed by atoms with Crippen LogP contribution in [0.4, 0.5) is 35.1 Å². The van der Waals surface area contributed by atoms with E-state index >= 15 is 0 Å². The molecule has 7 nitrogen and oxygen atoms in total. The Bertz CT molecular complexity index is 1000. The summed E-state index contributed by atoms with van der Waals surface area (Å²) >= 11 is 0. The van der Waals surface area contributed by atoms with Crippen LogP contribution in [0.3, 0.4) is 0 Å². The normalized spacial score (nSPS) is 38.7. The predicted molar refractivity (Wildman–Crippen MR) is 96.0 cm³/mol. The van der Waals surface area contributed by atoms with Gasteiger partial charge in [-0.1, -0.05) is 12.2 Å². The molecule has 2 saturated carbocycles. The molecule has 0 aromatic heterocycles. The highest BCUT2D eigenvalue weighted by Crippen LogP contribution is 2.59. The van der Waals surface area contributed by atoms with Gasteiger partial charge in [0.05, 0.1) is 30.0 Å². The molecule has 0 aromatic rings. The van der Waals surface area contributed by atoms with Gasteiger partial charge >= 0.3 is 42.1 Å². The Labute approximate surface area is 197 Å². The predicted octanol–water partition coefficient (Wildman–Crippen LogP) is 2.76. The lowest BCUT2D eigenvalue weighted by Crippen LogP contribution is -2.59. The molecule has 2 aliphatic carbocycles. The molecule has 0 radical (unpaired) electrons. The van der Waals surface area contributed by atoms with Gasteiger partial charge in [0.25, 0.3) is 0 Å². The molecule has 3 aliphatic heterocycles. The number of hydrogen-bond donors (Lipinski definition) is 0. The van der Waals surface area contributed by atoms with Gasteiger partial charge in [-0.05, 0) is 12.8 Å². The maximum atomic E-state index is 13.8. The van der Waals surface area contributed by atoms with Crippen molar-refractivity contribution >= 4 is 17.9 Å². The minimum absolute atomic E-state index is 0.0852. The van der Waals surface area contributed by atoms with Crippen molar-refractivity contribution in [2.75, 3.05) is 6.61 Å². The number of halogens is 8. The molecule has 0 spiro atoms. The average Bonchev–Trinajstić information content (AvgIpc) is 3.59. The van der Waals surface area contributed by atoms with Gasteiger partial charge in [0, 0.05) is 11.8 Å². The average molecular weight is 534 g/mol. The molecular formula is C21H18F8O7. The minimum Gasteiger partial charge on any atom is -0.459 e. The summed E-state index contributed by atoms with van der Waals surface area (Å²) in [6.45, 7) is -2.64. The molecule has 5 aliphatic rings. The molecule has 5 rings (SSSR count). The molecule has 36 heavy (non-hydrogen) atoms. The summed E-state index contributed by atoms with van der Waals surface area (Å²) in [4.78, 5) is 37.6. The molecule has 15 heteroatoms. The third-order valence-electron chi connectivity index (χ3n) is 7.65. The van der Waals surface area contributed by atoms with E-state index in [0.29, 0.717) is 6.42 Å². The summed E-state index contributed by atoms with van der Waals surface area (Å²) < 4.78 is 126. The van der Waals surface area contributed by atoms with Gasteiger partial charge in [-0.15, -0.1) is 0 Å². The van der Waals surface area contributed by atoms with Crippen molar-refractivity contribution in [3.63, 3.8) is 0 Å². The fourth-order valence-corrected chi connectivity index (χ4v) is 5.92. The first kappa shape index (κ1) is 25.2. The van der Waals surface area contributed by atoms with Crippen molar-refractivity contribution in [1.29, 1.82) is 0 Å². The van der Waals surface area contributed by atoms with Gasteiger partial charge < -0.3 is 18.9 Å². The quantitative estimate of drug-likeness (QED) is 0.205. The molecular weight excluding hydrogens is 516 g/mol. The van der Waals surface area contributed by atoms with Gasteiger partial charge in [0.1, 0.15) is 12.2 Å². The van der Waals surface area contributed by atoms with Crippen molar-refractivity contribution in [1.82, 2.24) is 0 Å². The number of esters is 3. The highest BCUT2D eigenvalue weighted by molar-refractivity contribution is 5.86. The van der Waals surface area contributed by atoms with Crippen molar-refractivity contribution in [3.05, 3.63) is 12.2 Å². The molecule has 9 unspecified atom stereocenters. The van der Waals surface area contributed by atoms with Crippen LogP contribution in [0.15, 0.2) is 12.2 Å². The molecule has 0 N–H and O–H groups in total. The second kappa shape index (κ2) is 8.02. The van der Waals surface area contributed by atoms with Crippen LogP contribution < -0.4 is 0 Å². The van der Waals surface area contributed by atoms with E-state index in [2.05, 4.69) is 4.74 Å². The summed E-state index contributed by atoms with van der Waals surface area (Å²) in [6, 6.07) is 0. The van der Waals surface area contributed by atoms with Gasteiger partial charge in [-0.2, -0.15) is 26.3 Å². The lowest BCUT2D eigenvalue weighted by molar-refractivity contribution is -0.344. The fraction of sp³-hybridized carbons (Fsp3) is 0.762. The van der Waals surface area contributed by atoms with Gasteiger partial charge in [0.15, 0.2) is 6.61 Å². The maximum Gasteiger partial charge on any atom is 0.381 e. The lowest BCUT2D eigenvalue weighted by atomic mass is 9.78. The number of carbonyl (C=O) groups excluding carboxylic acids is 3. The van der Waals surface area contributed by atoms with Crippen LogP contribution in [0, 0.1) is 29.6 Å². The molecule has 0 amide bonds. The highest BCUT2D eigenvalue weighted by atomic mass is 19.4. The van der Waals surface area contributed by atoms with Crippen molar-refractivity contribution in [2.45, 2.75) is 61.5 Å². The number of ether oxygens (including phenoxy) is 4. The van der Waals surface area contributed by atoms with Gasteiger partial charge in [0.2, 0.25) is 0 Å². The van der Waals surface area contributed by atoms with E-state index < -0.39 is 96.6 Å². The van der Waals surface area contributed by atoms with Crippen LogP contribution in [-0.2, 0) is 33.3 Å². The highest BCUT2D eigenvalue weighted by Gasteiger charge is 2.76. The number of hydrogen-bond acceptors (Lipinski definition) is 7. The van der Waals surface area contributed by atoms with E-state index in [1.807, 2.05) is 0 Å². The van der Waals surface area contributed by atoms with Gasteiger partial charge in [-0.3, -0.25) is 14.4 Å². The summed E-state index contributed by atoms with van der Waals surface area (Å²) in [5, 5.41) is 0. The largest absolute Gasteiger partial charge is 0.459 e. The molecule has 4 fully saturated rings. The molecule has 0 aromatic carbocycles. The lowest BCUT2D eigenvalue weighted by Gasteiger charge is -2.33. The van der Waals surface area contributed by atoms with Crippen molar-refractivity contribution in [3.8, 4) is 0 Å². The van der Waals surface area contributed by atoms with Crippen LogP contribution in [0.1, 0.15) is 12.8 Å². The molecule has 4 bridgehead atoms. The fourth-order valence-electron chi connectivity index (χ4n) is 5.92. The summed E-state index contributed by atoms with van der Waals surface area (Å²) in [6.07, 6.45) is -4.08. The van der Waals surface area contributed by atoms with E-state index in [0.717, 1.165) is 0 Å². The van der Waals surface area contributed by atoms with Crippen LogP contribution in [0.25, 0.3) is 0 Å². The van der Waals surface area contributed by atoms with E-state index in [-0.39, 0.29) is 12.5 Å². The van der Waals surface area contributed by atoms with Crippen LogP contribution in [0.2, 0.25) is 0 Å². The Hall–Kier alpha value is -2.45. The molecule has 2 saturated heterocycles. The Morgan fingerprint density at radius 3 is 2.31 bits per heavy atom. The first-order valence-electron chi connectivity index (χ1n) is 11.0. The minimum atomic E-state index is -6.55. The number of alkyl halides is 8. The zero-order valence-electron chi connectivity index (χ0n) is 17.9. The van der Waals surface area contributed by atoms with Crippen LogP contribution in [0.5, 0.6) is 0 Å². The third-order valence-corrected chi connectivity index (χ3v) is 7.65. The summed E-state index contributed by atoms with van der Waals surface area (Å²) in [5.74, 6) is -27.1. The number of carbonyl (C=O) groups is 3. The summed E-state index contributed by atoms with van der Waals surface area (Å²) in [5.41, 5.74) is 0. The number of fused-ring (bicyclic) bond motifs is 3. The Morgan fingerprint density at radius 1 is 1.03 bits per heavy atom. The summed E-state index contributed by atoms with van der Waals surface area (Å²) in [7, 11) is 0. The molecule has 9 atom stereocenters. The van der Waals surface area contributed by atoms with E-state index in [1.165, 1.54) is 0 Å². The first-order chi connectivity index (χ1) is 16.7. The van der Waals surface area contributed by atoms with Crippen molar-refractivity contribution < 1.29 is 68.5 Å². The van der Waals surface area contributed by atoms with Crippen LogP contribution >= 0.6 is 0 Å². The van der Waals surface area contributed by atoms with Crippen LogP contribution in [-0.4, -0.2) is 73.1 Å². The van der Waals surface area contributed by atoms with Gasteiger partial charge in [-0.25, -0.2) is 8.78 Å². The topological polar surface area (TPSA) is 88.1 Å². The first-order valence-corrected chi connectivity index (χ1v) is 11.0. The molecule has 200 valence electrons. The second-order valence-electron chi connectivity index (χ2n) is 9.59. The second-order valence-corrected chi connectivity index (χ2v) is 9.59. The smallest absolute Gasteiger partial charge is 0.381 e.